The molecule has 4 atom stereocenters. The molecule has 1 saturated carbocycles. The molecular formula is C30H26F2N2O5. The number of nitrogens with one attached hydrogen (secondary N) is 1. The van der Waals surface area contributed by atoms with E-state index in [1.54, 1.807) is 30.3 Å². The molecule has 39 heavy (non-hydrogen) atoms. The number of alkyl carbamates (subject to hydrolysis) is 1. The highest BCUT2D eigenvalue weighted by Gasteiger charge is 2.77. The molecule has 200 valence electrons. The number of alkyl halides is 2. The van der Waals surface area contributed by atoms with Gasteiger partial charge in [-0.2, -0.15) is 0 Å². The maximum Gasteiger partial charge on any atom is 0.407 e. The molecule has 3 aliphatic rings. The summed E-state index contributed by atoms with van der Waals surface area (Å²) in [6, 6.07) is 20.4. The highest BCUT2D eigenvalue weighted by molar-refractivity contribution is 5.91. The largest absolute Gasteiger partial charge is 0.480 e. The second-order valence-electron chi connectivity index (χ2n) is 10.3. The minimum absolute atomic E-state index is 0.00430. The summed E-state index contributed by atoms with van der Waals surface area (Å²) in [7, 11) is 0. The Morgan fingerprint density at radius 2 is 1.54 bits per heavy atom. The van der Waals surface area contributed by atoms with Crippen LogP contribution in [0.2, 0.25) is 0 Å². The standard InChI is InChI=1S/C30H26F2N2O5/c31-30(32)23-15-25(28(36)37)34(26(23)30)27(35)24(14-17-8-2-1-3-9-17)33-29(38)39-16-22-20-12-6-4-10-18(20)19-11-5-7-13-21(19)22/h1-13,22-26H,14-16H2,(H,33,38)(H,36,37)/t23-,24+,25+,26+/m1/s1. The van der Waals surface area contributed by atoms with E-state index in [-0.39, 0.29) is 25.4 Å². The molecule has 0 aromatic heterocycles. The zero-order valence-electron chi connectivity index (χ0n) is 20.8. The van der Waals surface area contributed by atoms with E-state index >= 15 is 0 Å². The van der Waals surface area contributed by atoms with E-state index in [2.05, 4.69) is 5.32 Å². The lowest BCUT2D eigenvalue weighted by molar-refractivity contribution is -0.152. The predicted molar refractivity (Wildman–Crippen MR) is 137 cm³/mol. The summed E-state index contributed by atoms with van der Waals surface area (Å²) >= 11 is 0. The van der Waals surface area contributed by atoms with E-state index in [4.69, 9.17) is 4.74 Å². The highest BCUT2D eigenvalue weighted by atomic mass is 19.3. The second-order valence-corrected chi connectivity index (χ2v) is 10.3. The highest BCUT2D eigenvalue weighted by Crippen LogP contribution is 2.60. The number of nitrogens with zero attached hydrogens (tertiary/aromatic N) is 1. The molecule has 1 aliphatic heterocycles. The fourth-order valence-electron chi connectivity index (χ4n) is 6.11. The molecular weight excluding hydrogens is 506 g/mol. The molecule has 0 radical (unpaired) electrons. The second kappa shape index (κ2) is 9.48. The lowest BCUT2D eigenvalue weighted by Gasteiger charge is -2.30. The molecule has 3 aromatic carbocycles. The number of hydrogen-bond donors (Lipinski definition) is 2. The van der Waals surface area contributed by atoms with Gasteiger partial charge in [-0.05, 0) is 34.2 Å². The fraction of sp³-hybridized carbons (Fsp3) is 0.300. The number of amides is 2. The number of rotatable bonds is 7. The van der Waals surface area contributed by atoms with Gasteiger partial charge in [0, 0.05) is 12.3 Å². The first-order valence-electron chi connectivity index (χ1n) is 12.9. The van der Waals surface area contributed by atoms with Gasteiger partial charge in [0.05, 0.1) is 5.92 Å². The summed E-state index contributed by atoms with van der Waals surface area (Å²) in [6.07, 6.45) is -1.20. The van der Waals surface area contributed by atoms with Crippen molar-refractivity contribution in [2.24, 2.45) is 5.92 Å². The van der Waals surface area contributed by atoms with Gasteiger partial charge in [-0.1, -0.05) is 78.9 Å². The molecule has 2 fully saturated rings. The molecule has 3 aromatic rings. The van der Waals surface area contributed by atoms with E-state index < -0.39 is 47.9 Å². The first-order chi connectivity index (χ1) is 18.8. The van der Waals surface area contributed by atoms with E-state index in [1.165, 1.54) is 0 Å². The van der Waals surface area contributed by atoms with Crippen molar-refractivity contribution in [3.63, 3.8) is 0 Å². The molecule has 2 N–H and O–H groups in total. The average molecular weight is 533 g/mol. The molecule has 0 bridgehead atoms. The van der Waals surface area contributed by atoms with Crippen molar-refractivity contribution in [1.82, 2.24) is 10.2 Å². The van der Waals surface area contributed by atoms with Crippen molar-refractivity contribution in [2.45, 2.75) is 42.8 Å². The van der Waals surface area contributed by atoms with Crippen LogP contribution in [0.3, 0.4) is 0 Å². The van der Waals surface area contributed by atoms with Gasteiger partial charge in [-0.25, -0.2) is 18.4 Å². The molecule has 6 rings (SSSR count). The molecule has 1 heterocycles. The molecule has 9 heteroatoms. The molecule has 7 nitrogen and oxygen atoms in total. The van der Waals surface area contributed by atoms with Gasteiger partial charge in [-0.3, -0.25) is 4.79 Å². The Balaban J connectivity index is 1.21. The average Bonchev–Trinajstić information content (AvgIpc) is 3.25. The minimum atomic E-state index is -3.14. The Kier molecular flexibility index (Phi) is 6.09. The van der Waals surface area contributed by atoms with Gasteiger partial charge in [0.25, 0.3) is 5.92 Å². The molecule has 0 spiro atoms. The number of benzene rings is 3. The summed E-state index contributed by atoms with van der Waals surface area (Å²) in [5, 5.41) is 12.2. The Labute approximate surface area is 223 Å². The van der Waals surface area contributed by atoms with Gasteiger partial charge >= 0.3 is 12.1 Å². The summed E-state index contributed by atoms with van der Waals surface area (Å²) < 4.78 is 34.1. The van der Waals surface area contributed by atoms with Crippen molar-refractivity contribution in [1.29, 1.82) is 0 Å². The first-order valence-corrected chi connectivity index (χ1v) is 12.9. The van der Waals surface area contributed by atoms with Gasteiger partial charge in [0.2, 0.25) is 5.91 Å². The van der Waals surface area contributed by atoms with Crippen molar-refractivity contribution in [3.05, 3.63) is 95.6 Å². The normalized spacial score (nSPS) is 22.8. The Hall–Kier alpha value is -4.27. The number of piperidine rings is 1. The third-order valence-electron chi connectivity index (χ3n) is 8.03. The van der Waals surface area contributed by atoms with Crippen molar-refractivity contribution < 1.29 is 33.0 Å². The van der Waals surface area contributed by atoms with Crippen molar-refractivity contribution in [3.8, 4) is 11.1 Å². The summed E-state index contributed by atoms with van der Waals surface area (Å²) in [5.41, 5.74) is 4.85. The number of hydrogen-bond acceptors (Lipinski definition) is 4. The van der Waals surface area contributed by atoms with Crippen molar-refractivity contribution in [2.75, 3.05) is 6.61 Å². The van der Waals surface area contributed by atoms with Gasteiger partial charge < -0.3 is 20.1 Å². The SMILES string of the molecule is O=C(N[C@@H](Cc1ccccc1)C(=O)N1[C@H]2[C@@H](C[C@H]1C(=O)O)C2(F)F)OCC1c2ccccc2-c2ccccc21. The number of aliphatic carboxylic acids is 1. The van der Waals surface area contributed by atoms with Crippen LogP contribution in [0.5, 0.6) is 0 Å². The van der Waals surface area contributed by atoms with Gasteiger partial charge in [0.15, 0.2) is 0 Å². The van der Waals surface area contributed by atoms with Gasteiger partial charge in [0.1, 0.15) is 24.7 Å². The molecule has 2 amide bonds. The third kappa shape index (κ3) is 4.31. The van der Waals surface area contributed by atoms with Crippen LogP contribution in [0.4, 0.5) is 13.6 Å². The Morgan fingerprint density at radius 3 is 2.15 bits per heavy atom. The summed E-state index contributed by atoms with van der Waals surface area (Å²) in [4.78, 5) is 39.1. The van der Waals surface area contributed by atoms with Crippen LogP contribution in [-0.4, -0.2) is 58.6 Å². The van der Waals surface area contributed by atoms with Crippen LogP contribution in [0, 0.1) is 5.92 Å². The van der Waals surface area contributed by atoms with Crippen LogP contribution < -0.4 is 5.32 Å². The van der Waals surface area contributed by atoms with E-state index in [0.717, 1.165) is 27.2 Å². The number of halogens is 2. The molecule has 0 unspecified atom stereocenters. The number of carboxylic acids is 1. The lowest BCUT2D eigenvalue weighted by Crippen LogP contribution is -2.55. The first kappa shape index (κ1) is 25.0. The Bertz CT molecular complexity index is 1400. The number of likely N-dealkylation sites (tertiary alicyclic amines) is 1. The van der Waals surface area contributed by atoms with E-state index in [0.29, 0.717) is 5.56 Å². The number of carboxylic acid groups (broad SMARTS) is 1. The van der Waals surface area contributed by atoms with Crippen LogP contribution in [0.15, 0.2) is 78.9 Å². The summed E-state index contributed by atoms with van der Waals surface area (Å²) in [5.74, 6) is -6.72. The third-order valence-corrected chi connectivity index (χ3v) is 8.03. The van der Waals surface area contributed by atoms with Crippen LogP contribution in [0.1, 0.15) is 29.0 Å². The number of fused-ring (bicyclic) bond motifs is 4. The predicted octanol–water partition coefficient (Wildman–Crippen LogP) is 4.46. The quantitative estimate of drug-likeness (QED) is 0.469. The van der Waals surface area contributed by atoms with Crippen LogP contribution in [-0.2, 0) is 20.7 Å². The van der Waals surface area contributed by atoms with E-state index in [1.807, 2.05) is 48.5 Å². The molecule has 1 saturated heterocycles. The topological polar surface area (TPSA) is 95.9 Å². The number of carbonyl (C=O) groups excluding carboxylic acids is 2. The number of ether oxygens (including phenoxy) is 1. The maximum absolute atomic E-state index is 14.3. The zero-order chi connectivity index (χ0) is 27.3. The zero-order valence-corrected chi connectivity index (χ0v) is 20.8. The lowest BCUT2D eigenvalue weighted by atomic mass is 9.98. The monoisotopic (exact) mass is 532 g/mol. The summed E-state index contributed by atoms with van der Waals surface area (Å²) in [6.45, 7) is 0.0103. The number of carbonyl (C=O) groups is 3. The van der Waals surface area contributed by atoms with Crippen LogP contribution >= 0.6 is 0 Å². The fourth-order valence-corrected chi connectivity index (χ4v) is 6.11. The Morgan fingerprint density at radius 1 is 0.949 bits per heavy atom. The van der Waals surface area contributed by atoms with Crippen molar-refractivity contribution >= 4 is 18.0 Å². The minimum Gasteiger partial charge on any atom is -0.480 e. The van der Waals surface area contributed by atoms with Crippen LogP contribution in [0.25, 0.3) is 11.1 Å². The maximum atomic E-state index is 14.3. The molecule has 2 aliphatic carbocycles. The van der Waals surface area contributed by atoms with Gasteiger partial charge in [-0.15, -0.1) is 0 Å². The van der Waals surface area contributed by atoms with E-state index in [9.17, 15) is 28.3 Å². The smallest absolute Gasteiger partial charge is 0.407 e.